The Morgan fingerprint density at radius 1 is 0.857 bits per heavy atom. The van der Waals surface area contributed by atoms with Crippen LogP contribution in [0.15, 0.2) is 64.2 Å². The first-order valence-corrected chi connectivity index (χ1v) is 8.90. The molecule has 0 amide bonds. The van der Waals surface area contributed by atoms with Crippen molar-refractivity contribution in [2.24, 2.45) is 14.1 Å². The Morgan fingerprint density at radius 2 is 1.43 bits per heavy atom. The van der Waals surface area contributed by atoms with E-state index >= 15 is 0 Å². The number of aryl methyl sites for hydroxylation is 1. The molecule has 2 N–H and O–H groups in total. The molecule has 0 aliphatic rings. The highest BCUT2D eigenvalue weighted by atomic mass is 16.3. The fraction of sp³-hybridized carbons (Fsp3) is 0.0909. The van der Waals surface area contributed by atoms with Crippen molar-refractivity contribution in [2.75, 3.05) is 0 Å². The largest absolute Gasteiger partial charge is 0.504 e. The monoisotopic (exact) mass is 371 g/mol. The third kappa shape index (κ3) is 2.02. The zero-order valence-electron chi connectivity index (χ0n) is 15.4. The van der Waals surface area contributed by atoms with Gasteiger partial charge in [0.25, 0.3) is 5.56 Å². The van der Waals surface area contributed by atoms with Gasteiger partial charge in [-0.05, 0) is 27.6 Å². The van der Waals surface area contributed by atoms with E-state index in [1.807, 2.05) is 48.5 Å². The third-order valence-corrected chi connectivity index (χ3v) is 5.40. The van der Waals surface area contributed by atoms with Gasteiger partial charge in [-0.3, -0.25) is 13.9 Å². The van der Waals surface area contributed by atoms with E-state index in [4.69, 9.17) is 0 Å². The van der Waals surface area contributed by atoms with Crippen LogP contribution >= 0.6 is 0 Å². The van der Waals surface area contributed by atoms with Gasteiger partial charge in [0.05, 0.1) is 5.69 Å². The molecule has 6 heteroatoms. The molecular weight excluding hydrogens is 354 g/mol. The molecule has 0 aliphatic heterocycles. The van der Waals surface area contributed by atoms with Gasteiger partial charge in [-0.25, -0.2) is 4.79 Å². The second kappa shape index (κ2) is 5.60. The summed E-state index contributed by atoms with van der Waals surface area (Å²) in [6.07, 6.45) is 0. The number of rotatable bonds is 1. The fourth-order valence-electron chi connectivity index (χ4n) is 4.00. The van der Waals surface area contributed by atoms with Crippen LogP contribution in [0, 0.1) is 0 Å². The molecule has 0 unspecified atom stereocenters. The Morgan fingerprint density at radius 3 is 2.04 bits per heavy atom. The highest BCUT2D eigenvalue weighted by molar-refractivity contribution is 6.14. The summed E-state index contributed by atoms with van der Waals surface area (Å²) in [5.41, 5.74) is 0.692. The number of nitrogens with one attached hydrogen (secondary N) is 1. The van der Waals surface area contributed by atoms with Crippen LogP contribution in [0.25, 0.3) is 43.8 Å². The van der Waals surface area contributed by atoms with Crippen molar-refractivity contribution < 1.29 is 5.11 Å². The van der Waals surface area contributed by atoms with Crippen molar-refractivity contribution in [3.8, 4) is 17.0 Å². The van der Waals surface area contributed by atoms with Gasteiger partial charge in [-0.2, -0.15) is 0 Å². The van der Waals surface area contributed by atoms with Gasteiger partial charge in [0.1, 0.15) is 11.0 Å². The minimum atomic E-state index is -0.485. The molecule has 2 aromatic heterocycles. The lowest BCUT2D eigenvalue weighted by Gasteiger charge is -2.11. The molecule has 6 nitrogen and oxygen atoms in total. The number of H-pyrrole nitrogens is 1. The predicted octanol–water partition coefficient (Wildman–Crippen LogP) is 3.24. The van der Waals surface area contributed by atoms with Crippen molar-refractivity contribution in [3.63, 3.8) is 0 Å². The first kappa shape index (κ1) is 16.4. The summed E-state index contributed by atoms with van der Waals surface area (Å²) < 4.78 is 2.32. The van der Waals surface area contributed by atoms with E-state index in [9.17, 15) is 14.7 Å². The molecule has 0 aliphatic carbocycles. The first-order valence-electron chi connectivity index (χ1n) is 8.90. The number of benzene rings is 3. The first-order chi connectivity index (χ1) is 13.5. The quantitative estimate of drug-likeness (QED) is 0.444. The van der Waals surface area contributed by atoms with Gasteiger partial charge in [-0.15, -0.1) is 0 Å². The van der Waals surface area contributed by atoms with E-state index in [0.717, 1.165) is 31.7 Å². The number of hydrogen-bond donors (Lipinski definition) is 2. The maximum Gasteiger partial charge on any atom is 0.331 e. The maximum absolute atomic E-state index is 12.6. The molecule has 0 fully saturated rings. The molecule has 0 spiro atoms. The summed E-state index contributed by atoms with van der Waals surface area (Å²) in [6.45, 7) is 0. The number of nitrogens with zero attached hydrogens (tertiary/aromatic N) is 2. The highest BCUT2D eigenvalue weighted by Crippen LogP contribution is 2.41. The average Bonchev–Trinajstić information content (AvgIpc) is 3.05. The summed E-state index contributed by atoms with van der Waals surface area (Å²) in [7, 11) is 2.97. The van der Waals surface area contributed by atoms with Gasteiger partial charge in [0, 0.05) is 19.7 Å². The number of aromatic hydroxyl groups is 1. The second-order valence-corrected chi connectivity index (χ2v) is 6.97. The normalized spacial score (nSPS) is 11.6. The number of hydrogen-bond acceptors (Lipinski definition) is 3. The summed E-state index contributed by atoms with van der Waals surface area (Å²) >= 11 is 0. The van der Waals surface area contributed by atoms with Gasteiger partial charge in [0.2, 0.25) is 0 Å². The molecule has 28 heavy (non-hydrogen) atoms. The maximum atomic E-state index is 12.6. The van der Waals surface area contributed by atoms with Crippen LogP contribution in [-0.4, -0.2) is 19.2 Å². The summed E-state index contributed by atoms with van der Waals surface area (Å²) in [6, 6.07) is 17.9. The van der Waals surface area contributed by atoms with E-state index in [1.165, 1.54) is 11.6 Å². The zero-order chi connectivity index (χ0) is 19.6. The number of aromatic nitrogens is 3. The minimum Gasteiger partial charge on any atom is -0.504 e. The van der Waals surface area contributed by atoms with Gasteiger partial charge < -0.3 is 10.1 Å². The van der Waals surface area contributed by atoms with E-state index in [2.05, 4.69) is 11.1 Å². The van der Waals surface area contributed by atoms with Gasteiger partial charge in [0.15, 0.2) is 5.75 Å². The molecule has 5 rings (SSSR count). The Bertz CT molecular complexity index is 1480. The van der Waals surface area contributed by atoms with Crippen molar-refractivity contribution >= 4 is 32.6 Å². The average molecular weight is 371 g/mol. The Balaban J connectivity index is 2.04. The summed E-state index contributed by atoms with van der Waals surface area (Å²) in [5, 5.41) is 15.0. The lowest BCUT2D eigenvalue weighted by molar-refractivity contribution is 0.480. The Hall–Kier alpha value is -3.80. The van der Waals surface area contributed by atoms with E-state index in [0.29, 0.717) is 5.69 Å². The smallest absolute Gasteiger partial charge is 0.331 e. The van der Waals surface area contributed by atoms with Gasteiger partial charge in [-0.1, -0.05) is 48.5 Å². The molecule has 2 heterocycles. The van der Waals surface area contributed by atoms with Crippen LogP contribution in [0.3, 0.4) is 0 Å². The van der Waals surface area contributed by atoms with Crippen LogP contribution < -0.4 is 11.2 Å². The molecule has 138 valence electrons. The molecule has 0 saturated heterocycles. The van der Waals surface area contributed by atoms with Crippen LogP contribution in [0.4, 0.5) is 0 Å². The van der Waals surface area contributed by atoms with Crippen LogP contribution in [0.2, 0.25) is 0 Å². The Labute approximate surface area is 158 Å². The standard InChI is InChI=1S/C22H17N3O3/c1-24-19-18(21(27)25(2)22(24)28)23-17(20(19)26)16-14-9-5-3-7-12(14)11-13-8-4-6-10-15(13)16/h3-11,23,26H,1-2H3. The highest BCUT2D eigenvalue weighted by Gasteiger charge is 2.22. The van der Waals surface area contributed by atoms with Crippen molar-refractivity contribution in [2.45, 2.75) is 0 Å². The van der Waals surface area contributed by atoms with Crippen molar-refractivity contribution in [1.82, 2.24) is 14.1 Å². The van der Waals surface area contributed by atoms with Crippen LogP contribution in [-0.2, 0) is 14.1 Å². The molecule has 5 aromatic rings. The molecular formula is C22H17N3O3. The second-order valence-electron chi connectivity index (χ2n) is 6.97. The molecule has 0 atom stereocenters. The number of aromatic amines is 1. The summed E-state index contributed by atoms with van der Waals surface area (Å²) in [4.78, 5) is 28.1. The van der Waals surface area contributed by atoms with Crippen LogP contribution in [0.1, 0.15) is 0 Å². The van der Waals surface area contributed by atoms with Gasteiger partial charge >= 0.3 is 5.69 Å². The minimum absolute atomic E-state index is 0.103. The molecule has 0 bridgehead atoms. The Kier molecular flexibility index (Phi) is 3.27. The predicted molar refractivity (Wildman–Crippen MR) is 111 cm³/mol. The third-order valence-electron chi connectivity index (χ3n) is 5.40. The zero-order valence-corrected chi connectivity index (χ0v) is 15.4. The van der Waals surface area contributed by atoms with E-state index < -0.39 is 11.2 Å². The van der Waals surface area contributed by atoms with Crippen molar-refractivity contribution in [3.05, 3.63) is 75.4 Å². The molecule has 0 saturated carbocycles. The summed E-state index contributed by atoms with van der Waals surface area (Å²) in [5.74, 6) is -0.103. The van der Waals surface area contributed by atoms with Crippen molar-refractivity contribution in [1.29, 1.82) is 0 Å². The SMILES string of the molecule is Cn1c(=O)c2[nH]c(-c3c4ccccc4cc4ccccc34)c(O)c2n(C)c1=O. The number of fused-ring (bicyclic) bond motifs is 3. The fourth-order valence-corrected chi connectivity index (χ4v) is 4.00. The molecule has 0 radical (unpaired) electrons. The molecule has 3 aromatic carbocycles. The van der Waals surface area contributed by atoms with E-state index in [1.54, 1.807) is 7.05 Å². The van der Waals surface area contributed by atoms with E-state index in [-0.39, 0.29) is 16.8 Å². The lowest BCUT2D eigenvalue weighted by atomic mass is 9.94. The topological polar surface area (TPSA) is 80.0 Å². The lowest BCUT2D eigenvalue weighted by Crippen LogP contribution is -2.36. The van der Waals surface area contributed by atoms with Crippen LogP contribution in [0.5, 0.6) is 5.75 Å².